The number of anilines is 3. The predicted octanol–water partition coefficient (Wildman–Crippen LogP) is 5.29. The lowest BCUT2D eigenvalue weighted by molar-refractivity contribution is 0.443. The minimum Gasteiger partial charge on any atom is -0.340 e. The molecule has 1 aromatic carbocycles. The van der Waals surface area contributed by atoms with Crippen molar-refractivity contribution < 1.29 is 0 Å². The smallest absolute Gasteiger partial charge is 0.227 e. The van der Waals surface area contributed by atoms with Gasteiger partial charge in [0.25, 0.3) is 0 Å². The Balaban J connectivity index is 1.86. The molecule has 4 nitrogen and oxygen atoms in total. The zero-order valence-electron chi connectivity index (χ0n) is 15.9. The summed E-state index contributed by atoms with van der Waals surface area (Å²) in [5.74, 6) is 1.71. The van der Waals surface area contributed by atoms with Gasteiger partial charge in [-0.3, -0.25) is 0 Å². The van der Waals surface area contributed by atoms with Crippen molar-refractivity contribution >= 4 is 17.5 Å². The number of hydrogen-bond acceptors (Lipinski definition) is 4. The number of para-hydroxylation sites is 1. The first kappa shape index (κ1) is 17.7. The molecule has 3 rings (SSSR count). The van der Waals surface area contributed by atoms with Crippen LogP contribution in [0.25, 0.3) is 0 Å². The SMILES string of the molecule is CCC1CCCCN1c1nccc(Nc2ccccc2C(C)(C)C)n1. The van der Waals surface area contributed by atoms with Crippen molar-refractivity contribution in [1.82, 2.24) is 9.97 Å². The number of benzene rings is 1. The van der Waals surface area contributed by atoms with Crippen LogP contribution in [-0.4, -0.2) is 22.6 Å². The molecule has 25 heavy (non-hydrogen) atoms. The maximum atomic E-state index is 4.82. The van der Waals surface area contributed by atoms with Crippen LogP contribution in [0.4, 0.5) is 17.5 Å². The van der Waals surface area contributed by atoms with Crippen LogP contribution in [0.3, 0.4) is 0 Å². The monoisotopic (exact) mass is 338 g/mol. The Bertz CT molecular complexity index is 705. The maximum absolute atomic E-state index is 4.82. The van der Waals surface area contributed by atoms with E-state index in [4.69, 9.17) is 4.98 Å². The Labute approximate surface area is 151 Å². The Hall–Kier alpha value is -2.10. The third kappa shape index (κ3) is 4.12. The molecular weight excluding hydrogens is 308 g/mol. The predicted molar refractivity (Wildman–Crippen MR) is 106 cm³/mol. The van der Waals surface area contributed by atoms with Gasteiger partial charge in [0.2, 0.25) is 5.95 Å². The van der Waals surface area contributed by atoms with Gasteiger partial charge in [0.15, 0.2) is 0 Å². The average Bonchev–Trinajstić information content (AvgIpc) is 2.61. The maximum Gasteiger partial charge on any atom is 0.227 e. The number of piperidine rings is 1. The highest BCUT2D eigenvalue weighted by Gasteiger charge is 2.23. The second-order valence-corrected chi connectivity index (χ2v) is 7.91. The molecule has 1 saturated heterocycles. The molecule has 1 aliphatic rings. The third-order valence-electron chi connectivity index (χ3n) is 5.00. The summed E-state index contributed by atoms with van der Waals surface area (Å²) in [6.45, 7) is 10.0. The van der Waals surface area contributed by atoms with Crippen LogP contribution in [0, 0.1) is 0 Å². The van der Waals surface area contributed by atoms with Crippen LogP contribution >= 0.6 is 0 Å². The summed E-state index contributed by atoms with van der Waals surface area (Å²) in [5, 5.41) is 3.51. The van der Waals surface area contributed by atoms with Crippen molar-refractivity contribution in [2.75, 3.05) is 16.8 Å². The van der Waals surface area contributed by atoms with Crippen molar-refractivity contribution in [3.8, 4) is 0 Å². The fraction of sp³-hybridized carbons (Fsp3) is 0.524. The Morgan fingerprint density at radius 1 is 1.16 bits per heavy atom. The lowest BCUT2D eigenvalue weighted by Gasteiger charge is -2.35. The van der Waals surface area contributed by atoms with E-state index in [-0.39, 0.29) is 5.41 Å². The molecular formula is C21H30N4. The van der Waals surface area contributed by atoms with Crippen molar-refractivity contribution in [3.63, 3.8) is 0 Å². The quantitative estimate of drug-likeness (QED) is 0.822. The molecule has 2 heterocycles. The van der Waals surface area contributed by atoms with Gasteiger partial charge in [-0.1, -0.05) is 45.9 Å². The summed E-state index contributed by atoms with van der Waals surface area (Å²) >= 11 is 0. The van der Waals surface area contributed by atoms with Gasteiger partial charge >= 0.3 is 0 Å². The number of hydrogen-bond donors (Lipinski definition) is 1. The highest BCUT2D eigenvalue weighted by Crippen LogP contribution is 2.31. The summed E-state index contributed by atoms with van der Waals surface area (Å²) in [5.41, 5.74) is 2.49. The molecule has 1 aromatic heterocycles. The van der Waals surface area contributed by atoms with Gasteiger partial charge in [-0.2, -0.15) is 4.98 Å². The molecule has 1 unspecified atom stereocenters. The van der Waals surface area contributed by atoms with Crippen molar-refractivity contribution in [2.24, 2.45) is 0 Å². The third-order valence-corrected chi connectivity index (χ3v) is 5.00. The lowest BCUT2D eigenvalue weighted by atomic mass is 9.86. The minimum absolute atomic E-state index is 0.0830. The Morgan fingerprint density at radius 3 is 2.72 bits per heavy atom. The van der Waals surface area contributed by atoms with Gasteiger partial charge < -0.3 is 10.2 Å². The topological polar surface area (TPSA) is 41.1 Å². The number of rotatable bonds is 4. The molecule has 0 radical (unpaired) electrons. The van der Waals surface area contributed by atoms with Gasteiger partial charge in [-0.25, -0.2) is 4.98 Å². The largest absolute Gasteiger partial charge is 0.340 e. The first-order chi connectivity index (χ1) is 12.0. The first-order valence-electron chi connectivity index (χ1n) is 9.45. The van der Waals surface area contributed by atoms with Crippen LogP contribution in [0.5, 0.6) is 0 Å². The molecule has 0 spiro atoms. The second-order valence-electron chi connectivity index (χ2n) is 7.91. The van der Waals surface area contributed by atoms with Crippen LogP contribution < -0.4 is 10.2 Å². The van der Waals surface area contributed by atoms with E-state index in [9.17, 15) is 0 Å². The molecule has 4 heteroatoms. The van der Waals surface area contributed by atoms with E-state index in [1.54, 1.807) is 0 Å². The van der Waals surface area contributed by atoms with Crippen LogP contribution in [0.2, 0.25) is 0 Å². The normalized spacial score (nSPS) is 18.2. The van der Waals surface area contributed by atoms with Gasteiger partial charge in [-0.15, -0.1) is 0 Å². The standard InChI is InChI=1S/C21H30N4/c1-5-16-10-8-9-15-25(16)20-22-14-13-19(24-20)23-18-12-7-6-11-17(18)21(2,3)4/h6-7,11-14,16H,5,8-10,15H2,1-4H3,(H,22,23,24). The molecule has 1 aliphatic heterocycles. The van der Waals surface area contributed by atoms with Gasteiger partial charge in [0.05, 0.1) is 0 Å². The summed E-state index contributed by atoms with van der Waals surface area (Å²) < 4.78 is 0. The zero-order chi connectivity index (χ0) is 17.9. The van der Waals surface area contributed by atoms with E-state index in [1.807, 2.05) is 12.3 Å². The molecule has 2 aromatic rings. The molecule has 0 amide bonds. The average molecular weight is 338 g/mol. The first-order valence-corrected chi connectivity index (χ1v) is 9.45. The van der Waals surface area contributed by atoms with Gasteiger partial charge in [0.1, 0.15) is 5.82 Å². The number of aromatic nitrogens is 2. The highest BCUT2D eigenvalue weighted by molar-refractivity contribution is 5.62. The summed E-state index contributed by atoms with van der Waals surface area (Å²) in [4.78, 5) is 11.7. The zero-order valence-corrected chi connectivity index (χ0v) is 15.9. The van der Waals surface area contributed by atoms with Crippen molar-refractivity contribution in [3.05, 3.63) is 42.1 Å². The Morgan fingerprint density at radius 2 is 1.96 bits per heavy atom. The second kappa shape index (κ2) is 7.42. The Kier molecular flexibility index (Phi) is 5.26. The van der Waals surface area contributed by atoms with E-state index in [1.165, 1.54) is 24.8 Å². The molecule has 1 fully saturated rings. The van der Waals surface area contributed by atoms with E-state index >= 15 is 0 Å². The molecule has 134 valence electrons. The molecule has 0 bridgehead atoms. The summed E-state index contributed by atoms with van der Waals surface area (Å²) in [7, 11) is 0. The fourth-order valence-electron chi connectivity index (χ4n) is 3.63. The van der Waals surface area contributed by atoms with Crippen molar-refractivity contribution in [2.45, 2.75) is 64.8 Å². The number of nitrogens with zero attached hydrogens (tertiary/aromatic N) is 3. The molecule has 0 saturated carbocycles. The number of nitrogens with one attached hydrogen (secondary N) is 1. The van der Waals surface area contributed by atoms with Crippen molar-refractivity contribution in [1.29, 1.82) is 0 Å². The fourth-order valence-corrected chi connectivity index (χ4v) is 3.63. The van der Waals surface area contributed by atoms with Crippen LogP contribution in [0.15, 0.2) is 36.5 Å². The highest BCUT2D eigenvalue weighted by atomic mass is 15.3. The van der Waals surface area contributed by atoms with Gasteiger partial charge in [-0.05, 0) is 48.8 Å². The van der Waals surface area contributed by atoms with E-state index < -0.39 is 0 Å². The van der Waals surface area contributed by atoms with Crippen LogP contribution in [-0.2, 0) is 5.41 Å². The molecule has 1 N–H and O–H groups in total. The lowest BCUT2D eigenvalue weighted by Crippen LogP contribution is -2.40. The van der Waals surface area contributed by atoms with E-state index in [0.29, 0.717) is 6.04 Å². The van der Waals surface area contributed by atoms with Gasteiger partial charge in [0, 0.05) is 24.5 Å². The summed E-state index contributed by atoms with van der Waals surface area (Å²) in [6.07, 6.45) is 6.79. The minimum atomic E-state index is 0.0830. The van der Waals surface area contributed by atoms with E-state index in [0.717, 1.165) is 30.4 Å². The van der Waals surface area contributed by atoms with E-state index in [2.05, 4.69) is 67.2 Å². The summed E-state index contributed by atoms with van der Waals surface area (Å²) in [6, 6.07) is 11.0. The molecule has 0 aliphatic carbocycles. The van der Waals surface area contributed by atoms with Crippen LogP contribution in [0.1, 0.15) is 58.9 Å². The molecule has 1 atom stereocenters.